The summed E-state index contributed by atoms with van der Waals surface area (Å²) in [6, 6.07) is 5.77. The first-order valence-electron chi connectivity index (χ1n) is 7.56. The lowest BCUT2D eigenvalue weighted by Crippen LogP contribution is -2.47. The molecule has 6 heteroatoms. The molecule has 0 unspecified atom stereocenters. The topological polar surface area (TPSA) is 83.7 Å². The predicted octanol–water partition coefficient (Wildman–Crippen LogP) is 2.75. The molecule has 1 aliphatic carbocycles. The third kappa shape index (κ3) is 4.04. The second kappa shape index (κ2) is 6.44. The molecule has 1 aromatic rings. The smallest absolute Gasteiger partial charge is 0.269 e. The van der Waals surface area contributed by atoms with Gasteiger partial charge in [0.05, 0.1) is 10.5 Å². The van der Waals surface area contributed by atoms with Crippen molar-refractivity contribution >= 4 is 11.6 Å². The van der Waals surface area contributed by atoms with Crippen LogP contribution in [0.3, 0.4) is 0 Å². The fraction of sp³-hybridized carbons (Fsp3) is 0.562. The van der Waals surface area contributed by atoms with Gasteiger partial charge in [0, 0.05) is 30.3 Å². The van der Waals surface area contributed by atoms with Crippen LogP contribution in [0.5, 0.6) is 0 Å². The number of amides is 1. The molecule has 0 aromatic heterocycles. The number of nitro groups is 1. The molecule has 22 heavy (non-hydrogen) atoms. The van der Waals surface area contributed by atoms with Crippen molar-refractivity contribution in [2.45, 2.75) is 51.2 Å². The van der Waals surface area contributed by atoms with Gasteiger partial charge in [-0.1, -0.05) is 12.8 Å². The monoisotopic (exact) mass is 306 g/mol. The fourth-order valence-electron chi connectivity index (χ4n) is 2.89. The first-order valence-corrected chi connectivity index (χ1v) is 7.56. The second-order valence-electron chi connectivity index (χ2n) is 6.49. The normalized spacial score (nSPS) is 15.8. The summed E-state index contributed by atoms with van der Waals surface area (Å²) in [5.41, 5.74) is -0.591. The summed E-state index contributed by atoms with van der Waals surface area (Å²) in [4.78, 5) is 24.7. The molecule has 1 aliphatic rings. The van der Waals surface area contributed by atoms with E-state index < -0.39 is 10.5 Å². The number of benzene rings is 1. The molecule has 6 nitrogen and oxygen atoms in total. The molecule has 0 aliphatic heterocycles. The lowest BCUT2D eigenvalue weighted by Gasteiger charge is -2.34. The highest BCUT2D eigenvalue weighted by molar-refractivity contribution is 5.94. The molecule has 1 saturated carbocycles. The standard InChI is InChI=1S/C16H22N2O4/c1-16(2,20)11-17(13-5-3-4-6-13)15(19)12-7-9-14(10-8-12)18(21)22/h7-10,13,20H,3-6,11H2,1-2H3. The Morgan fingerprint density at radius 2 is 1.86 bits per heavy atom. The first-order chi connectivity index (χ1) is 10.3. The maximum Gasteiger partial charge on any atom is 0.269 e. The maximum atomic E-state index is 12.7. The van der Waals surface area contributed by atoms with Crippen LogP contribution in [0.1, 0.15) is 49.9 Å². The molecule has 0 atom stereocenters. The molecule has 1 N–H and O–H groups in total. The van der Waals surface area contributed by atoms with Crippen molar-refractivity contribution in [1.29, 1.82) is 0 Å². The summed E-state index contributed by atoms with van der Waals surface area (Å²) < 4.78 is 0. The van der Waals surface area contributed by atoms with Gasteiger partial charge in [-0.25, -0.2) is 0 Å². The minimum atomic E-state index is -0.973. The quantitative estimate of drug-likeness (QED) is 0.669. The maximum absolute atomic E-state index is 12.7. The lowest BCUT2D eigenvalue weighted by molar-refractivity contribution is -0.384. The molecule has 0 spiro atoms. The summed E-state index contributed by atoms with van der Waals surface area (Å²) in [5, 5.41) is 20.8. The summed E-state index contributed by atoms with van der Waals surface area (Å²) in [6.45, 7) is 3.61. The second-order valence-corrected chi connectivity index (χ2v) is 6.49. The van der Waals surface area contributed by atoms with Gasteiger partial charge < -0.3 is 10.0 Å². The summed E-state index contributed by atoms with van der Waals surface area (Å²) in [7, 11) is 0. The van der Waals surface area contributed by atoms with E-state index in [1.807, 2.05) is 0 Å². The van der Waals surface area contributed by atoms with E-state index in [2.05, 4.69) is 0 Å². The van der Waals surface area contributed by atoms with Crippen LogP contribution < -0.4 is 0 Å². The Morgan fingerprint density at radius 1 is 1.32 bits per heavy atom. The van der Waals surface area contributed by atoms with Gasteiger partial charge in [-0.05, 0) is 38.8 Å². The lowest BCUT2D eigenvalue weighted by atomic mass is 10.0. The van der Waals surface area contributed by atoms with Crippen molar-refractivity contribution in [3.63, 3.8) is 0 Å². The van der Waals surface area contributed by atoms with Gasteiger partial charge in [-0.3, -0.25) is 14.9 Å². The largest absolute Gasteiger partial charge is 0.389 e. The van der Waals surface area contributed by atoms with Crippen molar-refractivity contribution in [2.75, 3.05) is 6.54 Å². The van der Waals surface area contributed by atoms with Crippen molar-refractivity contribution < 1.29 is 14.8 Å². The first kappa shape index (κ1) is 16.4. The van der Waals surface area contributed by atoms with E-state index in [9.17, 15) is 20.0 Å². The summed E-state index contributed by atoms with van der Waals surface area (Å²) in [5.74, 6) is -0.177. The van der Waals surface area contributed by atoms with Crippen LogP contribution in [0.25, 0.3) is 0 Å². The molecule has 0 heterocycles. The zero-order chi connectivity index (χ0) is 16.3. The zero-order valence-corrected chi connectivity index (χ0v) is 13.0. The third-order valence-electron chi connectivity index (χ3n) is 3.91. The molecular formula is C16H22N2O4. The number of nitrogens with zero attached hydrogens (tertiary/aromatic N) is 2. The Labute approximate surface area is 129 Å². The average molecular weight is 306 g/mol. The minimum absolute atomic E-state index is 0.0357. The summed E-state index contributed by atoms with van der Waals surface area (Å²) in [6.07, 6.45) is 4.05. The fourth-order valence-corrected chi connectivity index (χ4v) is 2.89. The highest BCUT2D eigenvalue weighted by Crippen LogP contribution is 2.26. The SMILES string of the molecule is CC(C)(O)CN(C(=O)c1ccc([N+](=O)[O-])cc1)C1CCCC1. The van der Waals surface area contributed by atoms with Crippen LogP contribution in [0.4, 0.5) is 5.69 Å². The number of non-ortho nitro benzene ring substituents is 1. The van der Waals surface area contributed by atoms with Gasteiger partial charge in [0.15, 0.2) is 0 Å². The van der Waals surface area contributed by atoms with Crippen LogP contribution in [0, 0.1) is 10.1 Å². The number of hydrogen-bond donors (Lipinski definition) is 1. The van der Waals surface area contributed by atoms with Gasteiger partial charge in [0.1, 0.15) is 0 Å². The van der Waals surface area contributed by atoms with Crippen LogP contribution in [0.2, 0.25) is 0 Å². The summed E-state index contributed by atoms with van der Waals surface area (Å²) >= 11 is 0. The molecular weight excluding hydrogens is 284 g/mol. The number of hydrogen-bond acceptors (Lipinski definition) is 4. The zero-order valence-electron chi connectivity index (χ0n) is 13.0. The Bertz CT molecular complexity index is 542. The predicted molar refractivity (Wildman–Crippen MR) is 82.7 cm³/mol. The van der Waals surface area contributed by atoms with E-state index in [1.165, 1.54) is 24.3 Å². The molecule has 1 fully saturated rings. The number of carbonyl (C=O) groups is 1. The van der Waals surface area contributed by atoms with E-state index in [4.69, 9.17) is 0 Å². The van der Waals surface area contributed by atoms with Gasteiger partial charge in [0.25, 0.3) is 11.6 Å². The Kier molecular flexibility index (Phi) is 4.81. The number of carbonyl (C=O) groups excluding carboxylic acids is 1. The van der Waals surface area contributed by atoms with E-state index in [-0.39, 0.29) is 24.2 Å². The number of rotatable bonds is 5. The average Bonchev–Trinajstić information content (AvgIpc) is 2.97. The molecule has 2 rings (SSSR count). The molecule has 0 saturated heterocycles. The minimum Gasteiger partial charge on any atom is -0.389 e. The van der Waals surface area contributed by atoms with Crippen LogP contribution in [-0.4, -0.2) is 39.0 Å². The van der Waals surface area contributed by atoms with Crippen molar-refractivity contribution in [3.05, 3.63) is 39.9 Å². The van der Waals surface area contributed by atoms with Crippen molar-refractivity contribution in [3.8, 4) is 0 Å². The Morgan fingerprint density at radius 3 is 2.32 bits per heavy atom. The molecule has 1 amide bonds. The Hall–Kier alpha value is -1.95. The Balaban J connectivity index is 2.22. The van der Waals surface area contributed by atoms with Gasteiger partial charge in [-0.2, -0.15) is 0 Å². The van der Waals surface area contributed by atoms with Gasteiger partial charge in [-0.15, -0.1) is 0 Å². The van der Waals surface area contributed by atoms with Crippen molar-refractivity contribution in [1.82, 2.24) is 4.90 Å². The molecule has 120 valence electrons. The van der Waals surface area contributed by atoms with E-state index in [1.54, 1.807) is 18.7 Å². The highest BCUT2D eigenvalue weighted by Gasteiger charge is 2.31. The third-order valence-corrected chi connectivity index (χ3v) is 3.91. The van der Waals surface area contributed by atoms with Crippen LogP contribution in [0.15, 0.2) is 24.3 Å². The van der Waals surface area contributed by atoms with Crippen molar-refractivity contribution in [2.24, 2.45) is 0 Å². The highest BCUT2D eigenvalue weighted by atomic mass is 16.6. The van der Waals surface area contributed by atoms with Gasteiger partial charge >= 0.3 is 0 Å². The van der Waals surface area contributed by atoms with E-state index >= 15 is 0 Å². The van der Waals surface area contributed by atoms with E-state index in [0.29, 0.717) is 5.56 Å². The van der Waals surface area contributed by atoms with E-state index in [0.717, 1.165) is 25.7 Å². The van der Waals surface area contributed by atoms with Crippen LogP contribution in [-0.2, 0) is 0 Å². The van der Waals surface area contributed by atoms with Gasteiger partial charge in [0.2, 0.25) is 0 Å². The molecule has 1 aromatic carbocycles. The van der Waals surface area contributed by atoms with Crippen LogP contribution >= 0.6 is 0 Å². The number of nitro benzene ring substituents is 1. The molecule has 0 bridgehead atoms. The molecule has 0 radical (unpaired) electrons. The number of aliphatic hydroxyl groups is 1.